The smallest absolute Gasteiger partial charge is 0.349 e. The van der Waals surface area contributed by atoms with Gasteiger partial charge in [0.05, 0.1) is 5.56 Å². The number of pyridine rings is 1. The van der Waals surface area contributed by atoms with Crippen molar-refractivity contribution in [2.45, 2.75) is 32.0 Å². The van der Waals surface area contributed by atoms with E-state index in [1.807, 2.05) is 0 Å². The van der Waals surface area contributed by atoms with Gasteiger partial charge in [0, 0.05) is 30.9 Å². The normalized spacial score (nSPS) is 22.2. The second-order valence-electron chi connectivity index (χ2n) is 9.11. The highest BCUT2D eigenvalue weighted by molar-refractivity contribution is 5.78. The van der Waals surface area contributed by atoms with Crippen molar-refractivity contribution in [3.63, 3.8) is 0 Å². The van der Waals surface area contributed by atoms with Crippen LogP contribution in [0.4, 0.5) is 29.5 Å². The van der Waals surface area contributed by atoms with Gasteiger partial charge in [-0.05, 0) is 61.4 Å². The average Bonchev–Trinajstić information content (AvgIpc) is 3.48. The molecule has 1 saturated heterocycles. The van der Waals surface area contributed by atoms with E-state index in [1.54, 1.807) is 25.3 Å². The molecule has 1 aliphatic carbocycles. The van der Waals surface area contributed by atoms with Gasteiger partial charge in [-0.2, -0.15) is 23.1 Å². The fourth-order valence-corrected chi connectivity index (χ4v) is 5.28. The molecule has 1 saturated carbocycles. The van der Waals surface area contributed by atoms with Crippen molar-refractivity contribution >= 4 is 17.6 Å². The molecular formula is C23H21F4N7O. The summed E-state index contributed by atoms with van der Waals surface area (Å²) in [4.78, 5) is 11.0. The first-order valence-corrected chi connectivity index (χ1v) is 11.3. The molecule has 2 bridgehead atoms. The molecule has 1 aromatic carbocycles. The minimum Gasteiger partial charge on any atom is -0.349 e. The lowest BCUT2D eigenvalue weighted by Crippen LogP contribution is -2.48. The minimum absolute atomic E-state index is 0.152. The van der Waals surface area contributed by atoms with E-state index in [0.29, 0.717) is 40.8 Å². The van der Waals surface area contributed by atoms with E-state index in [9.17, 15) is 17.6 Å². The van der Waals surface area contributed by atoms with Gasteiger partial charge in [0.2, 0.25) is 5.95 Å². The molecule has 1 N–H and O–H groups in total. The molecule has 0 amide bonds. The Bertz CT molecular complexity index is 1380. The molecule has 6 rings (SSSR count). The van der Waals surface area contributed by atoms with Crippen molar-refractivity contribution in [1.29, 1.82) is 0 Å². The summed E-state index contributed by atoms with van der Waals surface area (Å²) in [5, 5.41) is 11.8. The zero-order valence-electron chi connectivity index (χ0n) is 18.6. The molecule has 2 unspecified atom stereocenters. The SMILES string of the molecule is Cc1noc(N2CC3CCC(C2)C3Nc2nc3c(-c4ccc(F)c(C(F)(F)F)c4)cccn3n2)n1. The second kappa shape index (κ2) is 7.92. The van der Waals surface area contributed by atoms with Crippen LogP contribution in [-0.4, -0.2) is 43.9 Å². The summed E-state index contributed by atoms with van der Waals surface area (Å²) in [5.74, 6) is 0.354. The first kappa shape index (κ1) is 21.8. The molecule has 35 heavy (non-hydrogen) atoms. The van der Waals surface area contributed by atoms with E-state index in [4.69, 9.17) is 4.52 Å². The van der Waals surface area contributed by atoms with Crippen LogP contribution in [0.25, 0.3) is 16.8 Å². The molecule has 2 aliphatic rings. The molecule has 4 heterocycles. The van der Waals surface area contributed by atoms with E-state index in [2.05, 4.69) is 30.4 Å². The molecule has 12 heteroatoms. The zero-order chi connectivity index (χ0) is 24.3. The molecule has 1 aliphatic heterocycles. The number of fused-ring (bicyclic) bond motifs is 3. The van der Waals surface area contributed by atoms with E-state index in [0.717, 1.165) is 38.1 Å². The van der Waals surface area contributed by atoms with Crippen molar-refractivity contribution in [2.24, 2.45) is 11.8 Å². The van der Waals surface area contributed by atoms with Crippen LogP contribution in [-0.2, 0) is 6.18 Å². The number of piperidine rings is 1. The Morgan fingerprint density at radius 2 is 1.86 bits per heavy atom. The molecule has 3 aromatic heterocycles. The van der Waals surface area contributed by atoms with Gasteiger partial charge in [-0.15, -0.1) is 5.10 Å². The number of anilines is 2. The van der Waals surface area contributed by atoms with Crippen molar-refractivity contribution in [1.82, 2.24) is 24.7 Å². The third kappa shape index (κ3) is 3.86. The number of aryl methyl sites for hydroxylation is 1. The van der Waals surface area contributed by atoms with Gasteiger partial charge in [0.25, 0.3) is 0 Å². The first-order chi connectivity index (χ1) is 16.8. The summed E-state index contributed by atoms with van der Waals surface area (Å²) >= 11 is 0. The Morgan fingerprint density at radius 3 is 2.54 bits per heavy atom. The van der Waals surface area contributed by atoms with Crippen LogP contribution < -0.4 is 10.2 Å². The number of alkyl halides is 3. The minimum atomic E-state index is -4.79. The molecule has 8 nitrogen and oxygen atoms in total. The van der Waals surface area contributed by atoms with Gasteiger partial charge in [0.1, 0.15) is 5.82 Å². The fraction of sp³-hybridized carbons (Fsp3) is 0.391. The van der Waals surface area contributed by atoms with Crippen LogP contribution in [0.5, 0.6) is 0 Å². The molecule has 0 radical (unpaired) electrons. The number of nitrogens with zero attached hydrogens (tertiary/aromatic N) is 6. The molecule has 2 fully saturated rings. The Morgan fingerprint density at radius 1 is 1.09 bits per heavy atom. The molecule has 0 spiro atoms. The maximum absolute atomic E-state index is 13.8. The lowest BCUT2D eigenvalue weighted by atomic mass is 9.92. The van der Waals surface area contributed by atoms with Gasteiger partial charge in [-0.3, -0.25) is 0 Å². The lowest BCUT2D eigenvalue weighted by Gasteiger charge is -2.37. The largest absolute Gasteiger partial charge is 0.419 e. The third-order valence-electron chi connectivity index (χ3n) is 6.86. The van der Waals surface area contributed by atoms with Crippen molar-refractivity contribution in [3.8, 4) is 11.1 Å². The maximum Gasteiger partial charge on any atom is 0.419 e. The quantitative estimate of drug-likeness (QED) is 0.422. The number of benzene rings is 1. The number of hydrogen-bond acceptors (Lipinski definition) is 7. The average molecular weight is 487 g/mol. The van der Waals surface area contributed by atoms with Crippen LogP contribution in [0.15, 0.2) is 41.1 Å². The Kier molecular flexibility index (Phi) is 4.94. The summed E-state index contributed by atoms with van der Waals surface area (Å²) in [5.41, 5.74) is -0.273. The van der Waals surface area contributed by atoms with Crippen molar-refractivity contribution in [2.75, 3.05) is 23.3 Å². The van der Waals surface area contributed by atoms with Crippen LogP contribution >= 0.6 is 0 Å². The molecule has 4 aromatic rings. The number of aromatic nitrogens is 5. The molecule has 2 atom stereocenters. The van der Waals surface area contributed by atoms with Crippen molar-refractivity contribution < 1.29 is 22.1 Å². The topological polar surface area (TPSA) is 84.4 Å². The van der Waals surface area contributed by atoms with Gasteiger partial charge >= 0.3 is 12.2 Å². The highest BCUT2D eigenvalue weighted by Crippen LogP contribution is 2.40. The van der Waals surface area contributed by atoms with Crippen molar-refractivity contribution in [3.05, 3.63) is 53.7 Å². The summed E-state index contributed by atoms with van der Waals surface area (Å²) < 4.78 is 60.4. The van der Waals surface area contributed by atoms with Gasteiger partial charge in [-0.1, -0.05) is 11.2 Å². The summed E-state index contributed by atoms with van der Waals surface area (Å²) in [6, 6.07) is 6.96. The summed E-state index contributed by atoms with van der Waals surface area (Å²) in [6.07, 6.45) is -1.03. The lowest BCUT2D eigenvalue weighted by molar-refractivity contribution is -0.139. The van der Waals surface area contributed by atoms with E-state index >= 15 is 0 Å². The van der Waals surface area contributed by atoms with Gasteiger partial charge in [0.15, 0.2) is 11.5 Å². The predicted molar refractivity (Wildman–Crippen MR) is 118 cm³/mol. The first-order valence-electron chi connectivity index (χ1n) is 11.3. The predicted octanol–water partition coefficient (Wildman–Crippen LogP) is 4.57. The summed E-state index contributed by atoms with van der Waals surface area (Å²) in [6.45, 7) is 3.32. The Labute approximate surface area is 197 Å². The monoisotopic (exact) mass is 487 g/mol. The number of halogens is 4. The molecule has 182 valence electrons. The van der Waals surface area contributed by atoms with E-state index in [1.165, 1.54) is 10.6 Å². The summed E-state index contributed by atoms with van der Waals surface area (Å²) in [7, 11) is 0. The number of rotatable bonds is 4. The standard InChI is InChI=1S/C23H21F4N7O/c1-12-28-22(35-32-12)33-10-14-4-5-15(11-33)19(14)29-21-30-20-16(3-2-8-34(20)31-21)13-6-7-18(24)17(9-13)23(25,26)27/h2-3,6-9,14-15,19H,4-5,10-11H2,1H3,(H,29,31). The zero-order valence-corrected chi connectivity index (χ0v) is 18.6. The van der Waals surface area contributed by atoms with Gasteiger partial charge < -0.3 is 14.7 Å². The number of nitrogens with one attached hydrogen (secondary N) is 1. The highest BCUT2D eigenvalue weighted by atomic mass is 19.4. The van der Waals surface area contributed by atoms with E-state index < -0.39 is 17.6 Å². The van der Waals surface area contributed by atoms with Crippen LogP contribution in [0.3, 0.4) is 0 Å². The second-order valence-corrected chi connectivity index (χ2v) is 9.11. The van der Waals surface area contributed by atoms with Crippen LogP contribution in [0.2, 0.25) is 0 Å². The van der Waals surface area contributed by atoms with Crippen LogP contribution in [0.1, 0.15) is 24.2 Å². The Hall–Kier alpha value is -3.70. The van der Waals surface area contributed by atoms with Gasteiger partial charge in [-0.25, -0.2) is 8.91 Å². The molecular weight excluding hydrogens is 466 g/mol. The highest BCUT2D eigenvalue weighted by Gasteiger charge is 2.43. The van der Waals surface area contributed by atoms with Crippen LogP contribution in [0, 0.1) is 24.6 Å². The van der Waals surface area contributed by atoms with E-state index in [-0.39, 0.29) is 11.6 Å². The third-order valence-corrected chi connectivity index (χ3v) is 6.86. The number of hydrogen-bond donors (Lipinski definition) is 1. The maximum atomic E-state index is 13.8. The fourth-order valence-electron chi connectivity index (χ4n) is 5.28. The Balaban J connectivity index is 1.27.